The molecule has 0 bridgehead atoms. The van der Waals surface area contributed by atoms with E-state index in [1.54, 1.807) is 13.2 Å². The van der Waals surface area contributed by atoms with Crippen molar-refractivity contribution in [1.29, 1.82) is 0 Å². The maximum absolute atomic E-state index is 12.2. The Morgan fingerprint density at radius 3 is 2.58 bits per heavy atom. The molecule has 6 heteroatoms. The van der Waals surface area contributed by atoms with Crippen LogP contribution in [0.5, 0.6) is 11.5 Å². The van der Waals surface area contributed by atoms with Crippen molar-refractivity contribution in [2.24, 2.45) is 0 Å². The van der Waals surface area contributed by atoms with Gasteiger partial charge in [0.05, 0.1) is 12.8 Å². The van der Waals surface area contributed by atoms with Crippen LogP contribution in [0.25, 0.3) is 0 Å². The number of nitrogens with one attached hydrogen (secondary N) is 2. The first-order valence-corrected chi connectivity index (χ1v) is 8.38. The Morgan fingerprint density at radius 2 is 1.81 bits per heavy atom. The summed E-state index contributed by atoms with van der Waals surface area (Å²) in [5, 5.41) is 9.74. The Kier molecular flexibility index (Phi) is 5.88. The molecule has 0 atom stereocenters. The second kappa shape index (κ2) is 8.71. The Labute approximate surface area is 152 Å². The van der Waals surface area contributed by atoms with Crippen molar-refractivity contribution >= 4 is 5.91 Å². The number of carbonyl (C=O) groups is 1. The molecule has 3 aromatic rings. The van der Waals surface area contributed by atoms with Crippen molar-refractivity contribution in [2.75, 3.05) is 13.7 Å². The fourth-order valence-electron chi connectivity index (χ4n) is 2.50. The normalized spacial score (nSPS) is 10.3. The lowest BCUT2D eigenvalue weighted by molar-refractivity contribution is 0.0949. The van der Waals surface area contributed by atoms with Gasteiger partial charge in [-0.25, -0.2) is 0 Å². The third kappa shape index (κ3) is 4.63. The molecule has 0 aliphatic heterocycles. The highest BCUT2D eigenvalue weighted by Gasteiger charge is 2.11. The van der Waals surface area contributed by atoms with Gasteiger partial charge in [-0.2, -0.15) is 5.10 Å². The molecule has 0 unspecified atom stereocenters. The van der Waals surface area contributed by atoms with E-state index in [0.717, 1.165) is 6.42 Å². The number of benzene rings is 2. The van der Waals surface area contributed by atoms with Crippen molar-refractivity contribution in [2.45, 2.75) is 13.0 Å². The first kappa shape index (κ1) is 17.5. The lowest BCUT2D eigenvalue weighted by atomic mass is 10.1. The van der Waals surface area contributed by atoms with Crippen LogP contribution < -0.4 is 14.8 Å². The van der Waals surface area contributed by atoms with Crippen LogP contribution in [-0.4, -0.2) is 29.8 Å². The molecule has 0 saturated heterocycles. The standard InChI is InChI=1S/C20H21N3O3/c1-25-18-9-5-6-10-19(18)26-14-16-13-17(23-22-16)20(24)21-12-11-15-7-3-2-4-8-15/h2-10,13H,11-12,14H2,1H3,(H,21,24)(H,22,23). The summed E-state index contributed by atoms with van der Waals surface area (Å²) >= 11 is 0. The highest BCUT2D eigenvalue weighted by atomic mass is 16.5. The van der Waals surface area contributed by atoms with Gasteiger partial charge in [-0.3, -0.25) is 9.89 Å². The van der Waals surface area contributed by atoms with E-state index < -0.39 is 0 Å². The van der Waals surface area contributed by atoms with Gasteiger partial charge in [-0.1, -0.05) is 42.5 Å². The van der Waals surface area contributed by atoms with Crippen LogP contribution in [-0.2, 0) is 13.0 Å². The van der Waals surface area contributed by atoms with Crippen LogP contribution in [0.2, 0.25) is 0 Å². The molecule has 2 N–H and O–H groups in total. The molecule has 0 radical (unpaired) electrons. The van der Waals surface area contributed by atoms with Gasteiger partial charge in [-0.15, -0.1) is 0 Å². The number of hydrogen-bond acceptors (Lipinski definition) is 4. The zero-order valence-corrected chi connectivity index (χ0v) is 14.6. The maximum atomic E-state index is 12.2. The zero-order valence-electron chi connectivity index (χ0n) is 14.6. The fourth-order valence-corrected chi connectivity index (χ4v) is 2.50. The van der Waals surface area contributed by atoms with E-state index in [1.165, 1.54) is 5.56 Å². The summed E-state index contributed by atoms with van der Waals surface area (Å²) in [5.74, 6) is 1.09. The minimum atomic E-state index is -0.208. The molecule has 0 fully saturated rings. The predicted molar refractivity (Wildman–Crippen MR) is 98.4 cm³/mol. The van der Waals surface area contributed by atoms with E-state index in [4.69, 9.17) is 9.47 Å². The number of aromatic amines is 1. The summed E-state index contributed by atoms with van der Waals surface area (Å²) < 4.78 is 11.0. The highest BCUT2D eigenvalue weighted by Crippen LogP contribution is 2.26. The average molecular weight is 351 g/mol. The number of hydrogen-bond donors (Lipinski definition) is 2. The number of methoxy groups -OCH3 is 1. The van der Waals surface area contributed by atoms with E-state index in [-0.39, 0.29) is 12.5 Å². The SMILES string of the molecule is COc1ccccc1OCc1cc(C(=O)NCCc2ccccc2)n[nH]1. The molecule has 1 aromatic heterocycles. The molecule has 1 amide bonds. The molecular weight excluding hydrogens is 330 g/mol. The number of carbonyl (C=O) groups excluding carboxylic acids is 1. The van der Waals surface area contributed by atoms with Gasteiger partial charge in [0.1, 0.15) is 12.3 Å². The van der Waals surface area contributed by atoms with Crippen molar-refractivity contribution in [3.05, 3.63) is 77.6 Å². The molecule has 0 spiro atoms. The smallest absolute Gasteiger partial charge is 0.271 e. The first-order valence-electron chi connectivity index (χ1n) is 8.38. The monoisotopic (exact) mass is 351 g/mol. The zero-order chi connectivity index (χ0) is 18.2. The van der Waals surface area contributed by atoms with Gasteiger partial charge >= 0.3 is 0 Å². The summed E-state index contributed by atoms with van der Waals surface area (Å²) in [4.78, 5) is 12.2. The Hall–Kier alpha value is -3.28. The third-order valence-corrected chi connectivity index (χ3v) is 3.86. The highest BCUT2D eigenvalue weighted by molar-refractivity contribution is 5.92. The predicted octanol–water partition coefficient (Wildman–Crippen LogP) is 2.97. The quantitative estimate of drug-likeness (QED) is 0.654. The Balaban J connectivity index is 1.50. The van der Waals surface area contributed by atoms with Gasteiger partial charge in [-0.05, 0) is 30.2 Å². The third-order valence-electron chi connectivity index (χ3n) is 3.86. The number of amides is 1. The van der Waals surface area contributed by atoms with E-state index >= 15 is 0 Å². The van der Waals surface area contributed by atoms with Crippen LogP contribution in [0.1, 0.15) is 21.7 Å². The van der Waals surface area contributed by atoms with Crippen molar-refractivity contribution in [3.63, 3.8) is 0 Å². The largest absolute Gasteiger partial charge is 0.493 e. The maximum Gasteiger partial charge on any atom is 0.271 e. The van der Waals surface area contributed by atoms with Gasteiger partial charge in [0.25, 0.3) is 5.91 Å². The molecule has 2 aromatic carbocycles. The van der Waals surface area contributed by atoms with Crippen molar-refractivity contribution < 1.29 is 14.3 Å². The summed E-state index contributed by atoms with van der Waals surface area (Å²) in [5.41, 5.74) is 2.24. The molecule has 0 saturated carbocycles. The molecule has 26 heavy (non-hydrogen) atoms. The van der Waals surface area contributed by atoms with Gasteiger partial charge in [0, 0.05) is 6.54 Å². The summed E-state index contributed by atoms with van der Waals surface area (Å²) in [6.45, 7) is 0.827. The van der Waals surface area contributed by atoms with Crippen LogP contribution >= 0.6 is 0 Å². The van der Waals surface area contributed by atoms with Crippen LogP contribution in [0.3, 0.4) is 0 Å². The van der Waals surface area contributed by atoms with E-state index in [2.05, 4.69) is 15.5 Å². The number of H-pyrrole nitrogens is 1. The molecule has 0 aliphatic carbocycles. The lowest BCUT2D eigenvalue weighted by Crippen LogP contribution is -2.26. The molecular formula is C20H21N3O3. The number of ether oxygens (including phenoxy) is 2. The minimum absolute atomic E-state index is 0.208. The summed E-state index contributed by atoms with van der Waals surface area (Å²) in [6.07, 6.45) is 0.779. The van der Waals surface area contributed by atoms with E-state index in [9.17, 15) is 4.79 Å². The van der Waals surface area contributed by atoms with Crippen LogP contribution in [0.15, 0.2) is 60.7 Å². The second-order valence-corrected chi connectivity index (χ2v) is 5.71. The van der Waals surface area contributed by atoms with Gasteiger partial charge in [0.15, 0.2) is 11.5 Å². The second-order valence-electron chi connectivity index (χ2n) is 5.71. The van der Waals surface area contributed by atoms with Crippen molar-refractivity contribution in [3.8, 4) is 11.5 Å². The van der Waals surface area contributed by atoms with Crippen molar-refractivity contribution in [1.82, 2.24) is 15.5 Å². The lowest BCUT2D eigenvalue weighted by Gasteiger charge is -2.08. The molecule has 0 aliphatic rings. The van der Waals surface area contributed by atoms with Gasteiger partial charge in [0.2, 0.25) is 0 Å². The minimum Gasteiger partial charge on any atom is -0.493 e. The molecule has 6 nitrogen and oxygen atoms in total. The molecule has 3 rings (SSSR count). The molecule has 1 heterocycles. The average Bonchev–Trinajstić information content (AvgIpc) is 3.16. The van der Waals surface area contributed by atoms with Gasteiger partial charge < -0.3 is 14.8 Å². The summed E-state index contributed by atoms with van der Waals surface area (Å²) in [6, 6.07) is 19.1. The molecule has 134 valence electrons. The van der Waals surface area contributed by atoms with Crippen LogP contribution in [0.4, 0.5) is 0 Å². The van der Waals surface area contributed by atoms with E-state index in [0.29, 0.717) is 29.4 Å². The Bertz CT molecular complexity index is 846. The number of aromatic nitrogens is 2. The summed E-state index contributed by atoms with van der Waals surface area (Å²) in [7, 11) is 1.59. The van der Waals surface area contributed by atoms with E-state index in [1.807, 2.05) is 54.6 Å². The fraction of sp³-hybridized carbons (Fsp3) is 0.200. The number of rotatable bonds is 8. The first-order chi connectivity index (χ1) is 12.8. The van der Waals surface area contributed by atoms with Crippen LogP contribution in [0, 0.1) is 0 Å². The number of para-hydroxylation sites is 2. The Morgan fingerprint density at radius 1 is 1.08 bits per heavy atom. The number of nitrogens with zero attached hydrogens (tertiary/aromatic N) is 1. The topological polar surface area (TPSA) is 76.2 Å².